The number of nitrogens with zero attached hydrogens (tertiary/aromatic N) is 4. The zero-order valence-electron chi connectivity index (χ0n) is 14.0. The van der Waals surface area contributed by atoms with E-state index in [4.69, 9.17) is 0 Å². The molecule has 5 nitrogen and oxygen atoms in total. The molecule has 24 heavy (non-hydrogen) atoms. The van der Waals surface area contributed by atoms with Gasteiger partial charge in [-0.2, -0.15) is 0 Å². The Balaban J connectivity index is 1.38. The van der Waals surface area contributed by atoms with Gasteiger partial charge in [0.2, 0.25) is 5.91 Å². The van der Waals surface area contributed by atoms with E-state index in [1.807, 2.05) is 11.3 Å². The standard InChI is InChI=1S/C18H22N4OS/c1-11-9-13(11)18(23)22-7-5-21(6-8-22)16-15-12-3-2-4-14(12)24-17(15)20-10-19-16/h10-11,13H,2-9H2,1H3/t11-,13+/m1/s1. The molecule has 5 rings (SSSR count). The third-order valence-corrected chi connectivity index (χ3v) is 7.00. The van der Waals surface area contributed by atoms with Crippen molar-refractivity contribution in [3.63, 3.8) is 0 Å². The van der Waals surface area contributed by atoms with E-state index < -0.39 is 0 Å². The Bertz CT molecular complexity index is 809. The summed E-state index contributed by atoms with van der Waals surface area (Å²) >= 11 is 1.84. The zero-order chi connectivity index (χ0) is 16.3. The van der Waals surface area contributed by atoms with Crippen molar-refractivity contribution in [2.24, 2.45) is 11.8 Å². The number of hydrogen-bond donors (Lipinski definition) is 0. The number of thiophene rings is 1. The van der Waals surface area contributed by atoms with Crippen LogP contribution in [0.3, 0.4) is 0 Å². The van der Waals surface area contributed by atoms with Crippen LogP contribution in [0.4, 0.5) is 5.82 Å². The fraction of sp³-hybridized carbons (Fsp3) is 0.611. The van der Waals surface area contributed by atoms with Gasteiger partial charge in [-0.15, -0.1) is 11.3 Å². The molecule has 1 saturated carbocycles. The van der Waals surface area contributed by atoms with E-state index in [0.717, 1.165) is 49.7 Å². The monoisotopic (exact) mass is 342 g/mol. The topological polar surface area (TPSA) is 49.3 Å². The predicted octanol–water partition coefficient (Wildman–Crippen LogP) is 2.48. The molecule has 1 amide bonds. The molecule has 2 atom stereocenters. The van der Waals surface area contributed by atoms with Crippen molar-refractivity contribution in [3.8, 4) is 0 Å². The first kappa shape index (κ1) is 14.6. The third kappa shape index (κ3) is 2.23. The van der Waals surface area contributed by atoms with Crippen molar-refractivity contribution in [1.82, 2.24) is 14.9 Å². The molecular formula is C18H22N4OS. The van der Waals surface area contributed by atoms with Gasteiger partial charge in [-0.25, -0.2) is 9.97 Å². The highest BCUT2D eigenvalue weighted by Gasteiger charge is 2.42. The highest BCUT2D eigenvalue weighted by Crippen LogP contribution is 2.41. The Hall–Kier alpha value is -1.69. The minimum atomic E-state index is 0.294. The highest BCUT2D eigenvalue weighted by molar-refractivity contribution is 7.19. The summed E-state index contributed by atoms with van der Waals surface area (Å²) in [7, 11) is 0. The number of hydrogen-bond acceptors (Lipinski definition) is 5. The van der Waals surface area contributed by atoms with Gasteiger partial charge in [0.1, 0.15) is 17.0 Å². The average Bonchev–Trinajstić information content (AvgIpc) is 3.02. The van der Waals surface area contributed by atoms with Gasteiger partial charge in [-0.05, 0) is 37.2 Å². The lowest BCUT2D eigenvalue weighted by molar-refractivity contribution is -0.133. The summed E-state index contributed by atoms with van der Waals surface area (Å²) in [4.78, 5) is 28.6. The molecule has 3 heterocycles. The Labute approximate surface area is 145 Å². The largest absolute Gasteiger partial charge is 0.352 e. The molecule has 6 heteroatoms. The first-order chi connectivity index (χ1) is 11.7. The molecule has 1 aliphatic heterocycles. The molecule has 0 aromatic carbocycles. The number of rotatable bonds is 2. The number of carbonyl (C=O) groups excluding carboxylic acids is 1. The number of fused-ring (bicyclic) bond motifs is 3. The molecule has 0 unspecified atom stereocenters. The summed E-state index contributed by atoms with van der Waals surface area (Å²) in [5, 5.41) is 1.28. The minimum Gasteiger partial charge on any atom is -0.352 e. The predicted molar refractivity (Wildman–Crippen MR) is 95.5 cm³/mol. The second-order valence-corrected chi connectivity index (χ2v) is 8.45. The van der Waals surface area contributed by atoms with Crippen molar-refractivity contribution in [3.05, 3.63) is 16.8 Å². The maximum Gasteiger partial charge on any atom is 0.226 e. The van der Waals surface area contributed by atoms with Gasteiger partial charge in [0.15, 0.2) is 0 Å². The van der Waals surface area contributed by atoms with Gasteiger partial charge in [0, 0.05) is 37.0 Å². The van der Waals surface area contributed by atoms with Crippen molar-refractivity contribution < 1.29 is 4.79 Å². The molecule has 3 aliphatic rings. The van der Waals surface area contributed by atoms with Crippen LogP contribution in [-0.2, 0) is 17.6 Å². The minimum absolute atomic E-state index is 0.294. The summed E-state index contributed by atoms with van der Waals surface area (Å²) in [6.45, 7) is 5.57. The van der Waals surface area contributed by atoms with Crippen LogP contribution in [0.15, 0.2) is 6.33 Å². The van der Waals surface area contributed by atoms with E-state index in [0.29, 0.717) is 17.7 Å². The normalized spacial score (nSPS) is 26.0. The molecule has 2 aliphatic carbocycles. The number of aryl methyl sites for hydroxylation is 2. The van der Waals surface area contributed by atoms with Gasteiger partial charge < -0.3 is 9.80 Å². The second kappa shape index (κ2) is 5.41. The summed E-state index contributed by atoms with van der Waals surface area (Å²) in [6.07, 6.45) is 6.39. The smallest absolute Gasteiger partial charge is 0.226 e. The van der Waals surface area contributed by atoms with E-state index in [-0.39, 0.29) is 0 Å². The highest BCUT2D eigenvalue weighted by atomic mass is 32.1. The van der Waals surface area contributed by atoms with Gasteiger partial charge >= 0.3 is 0 Å². The van der Waals surface area contributed by atoms with Gasteiger partial charge in [-0.1, -0.05) is 6.92 Å². The van der Waals surface area contributed by atoms with E-state index in [1.165, 1.54) is 28.7 Å². The summed E-state index contributed by atoms with van der Waals surface area (Å²) < 4.78 is 0. The molecule has 0 spiro atoms. The Kier molecular flexibility index (Phi) is 3.30. The van der Waals surface area contributed by atoms with Crippen molar-refractivity contribution in [2.75, 3.05) is 31.1 Å². The SMILES string of the molecule is C[C@@H]1C[C@@H]1C(=O)N1CCN(c2ncnc3sc4c(c23)CCC4)CC1. The van der Waals surface area contributed by atoms with Crippen molar-refractivity contribution in [1.29, 1.82) is 0 Å². The summed E-state index contributed by atoms with van der Waals surface area (Å²) in [5.74, 6) is 2.34. The zero-order valence-corrected chi connectivity index (χ0v) is 14.8. The lowest BCUT2D eigenvalue weighted by Crippen LogP contribution is -2.49. The van der Waals surface area contributed by atoms with Crippen molar-refractivity contribution >= 4 is 33.3 Å². The van der Waals surface area contributed by atoms with Crippen LogP contribution in [0.25, 0.3) is 10.2 Å². The lowest BCUT2D eigenvalue weighted by Gasteiger charge is -2.36. The molecule has 2 fully saturated rings. The van der Waals surface area contributed by atoms with E-state index >= 15 is 0 Å². The summed E-state index contributed by atoms with van der Waals surface area (Å²) in [5.41, 5.74) is 1.48. The van der Waals surface area contributed by atoms with Gasteiger partial charge in [0.25, 0.3) is 0 Å². The Morgan fingerprint density at radius 2 is 2.00 bits per heavy atom. The van der Waals surface area contributed by atoms with Gasteiger partial charge in [-0.3, -0.25) is 4.79 Å². The number of carbonyl (C=O) groups is 1. The third-order valence-electron chi connectivity index (χ3n) is 5.80. The maximum atomic E-state index is 12.4. The molecule has 2 aromatic heterocycles. The maximum absolute atomic E-state index is 12.4. The fourth-order valence-corrected chi connectivity index (χ4v) is 5.41. The van der Waals surface area contributed by atoms with Crippen molar-refractivity contribution in [2.45, 2.75) is 32.6 Å². The average molecular weight is 342 g/mol. The van der Waals surface area contributed by atoms with Crippen LogP contribution in [0.2, 0.25) is 0 Å². The quantitative estimate of drug-likeness (QED) is 0.841. The molecule has 2 aromatic rings. The van der Waals surface area contributed by atoms with Crippen LogP contribution in [0.1, 0.15) is 30.2 Å². The first-order valence-corrected chi connectivity index (χ1v) is 9.83. The number of aromatic nitrogens is 2. The van der Waals surface area contributed by atoms with E-state index in [9.17, 15) is 4.79 Å². The van der Waals surface area contributed by atoms with E-state index in [1.54, 1.807) is 6.33 Å². The van der Waals surface area contributed by atoms with Crippen LogP contribution in [0.5, 0.6) is 0 Å². The molecular weight excluding hydrogens is 320 g/mol. The number of anilines is 1. The van der Waals surface area contributed by atoms with Gasteiger partial charge in [0.05, 0.1) is 5.39 Å². The van der Waals surface area contributed by atoms with Crippen LogP contribution in [0, 0.1) is 11.8 Å². The molecule has 0 bridgehead atoms. The molecule has 0 N–H and O–H groups in total. The van der Waals surface area contributed by atoms with Crippen LogP contribution < -0.4 is 4.90 Å². The lowest BCUT2D eigenvalue weighted by atomic mass is 10.1. The molecule has 0 radical (unpaired) electrons. The Morgan fingerprint density at radius 1 is 1.21 bits per heavy atom. The van der Waals surface area contributed by atoms with Crippen LogP contribution >= 0.6 is 11.3 Å². The number of amides is 1. The Morgan fingerprint density at radius 3 is 2.75 bits per heavy atom. The first-order valence-electron chi connectivity index (χ1n) is 9.01. The fourth-order valence-electron chi connectivity index (χ4n) is 4.19. The number of piperazine rings is 1. The van der Waals surface area contributed by atoms with E-state index in [2.05, 4.69) is 26.7 Å². The molecule has 126 valence electrons. The second-order valence-electron chi connectivity index (χ2n) is 7.37. The summed E-state index contributed by atoms with van der Waals surface area (Å²) in [6, 6.07) is 0. The molecule has 1 saturated heterocycles. The van der Waals surface area contributed by atoms with Crippen LogP contribution in [-0.4, -0.2) is 47.0 Å².